The fraction of sp³-hybridized carbons (Fsp3) is 0.182. The molecule has 0 spiro atoms. The Morgan fingerprint density at radius 3 is 2.46 bits per heavy atom. The lowest BCUT2D eigenvalue weighted by molar-refractivity contribution is 0.0993. The van der Waals surface area contributed by atoms with E-state index in [2.05, 4.69) is 4.98 Å². The molecule has 2 aromatic carbocycles. The summed E-state index contributed by atoms with van der Waals surface area (Å²) in [6.45, 7) is 0. The lowest BCUT2D eigenvalue weighted by Crippen LogP contribution is -2.26. The number of benzene rings is 2. The average molecular weight is 392 g/mol. The van der Waals surface area contributed by atoms with Crippen LogP contribution >= 0.6 is 0 Å². The summed E-state index contributed by atoms with van der Waals surface area (Å²) < 4.78 is 23.2. The molecule has 2 heterocycles. The van der Waals surface area contributed by atoms with Crippen LogP contribution in [0.4, 0.5) is 5.69 Å². The Bertz CT molecular complexity index is 1170. The predicted molar refractivity (Wildman–Crippen MR) is 109 cm³/mol. The molecule has 0 atom stereocenters. The molecule has 28 heavy (non-hydrogen) atoms. The number of nitrogens with zero attached hydrogens (tertiary/aromatic N) is 2. The molecule has 0 fully saturated rings. The maximum absolute atomic E-state index is 12.7. The molecule has 0 N–H and O–H groups in total. The molecule has 0 aliphatic carbocycles. The normalized spacial score (nSPS) is 13.6. The number of hydrogen-bond acceptors (Lipinski definition) is 4. The second-order valence-corrected chi connectivity index (χ2v) is 9.11. The van der Waals surface area contributed by atoms with Crippen LogP contribution in [0.3, 0.4) is 0 Å². The zero-order chi connectivity index (χ0) is 19.9. The zero-order valence-electron chi connectivity index (χ0n) is 15.7. The van der Waals surface area contributed by atoms with Crippen LogP contribution in [0.5, 0.6) is 0 Å². The minimum Gasteiger partial charge on any atom is -0.310 e. The summed E-state index contributed by atoms with van der Waals surface area (Å²) >= 11 is 0. The molecule has 3 aromatic rings. The van der Waals surface area contributed by atoms with E-state index in [9.17, 15) is 13.2 Å². The second-order valence-electron chi connectivity index (χ2n) is 7.10. The lowest BCUT2D eigenvalue weighted by atomic mass is 10.00. The molecule has 1 amide bonds. The minimum atomic E-state index is -3.20. The van der Waals surface area contributed by atoms with Gasteiger partial charge in [-0.25, -0.2) is 8.42 Å². The molecular formula is C22H20N2O3S. The summed E-state index contributed by atoms with van der Waals surface area (Å²) in [5, 5.41) is 0. The van der Waals surface area contributed by atoms with Crippen molar-refractivity contribution in [2.75, 3.05) is 18.2 Å². The number of sulfone groups is 1. The fourth-order valence-electron chi connectivity index (χ4n) is 3.52. The van der Waals surface area contributed by atoms with Gasteiger partial charge in [-0.1, -0.05) is 30.3 Å². The smallest absolute Gasteiger partial charge is 0.258 e. The van der Waals surface area contributed by atoms with E-state index in [4.69, 9.17) is 0 Å². The Morgan fingerprint density at radius 1 is 1.04 bits per heavy atom. The van der Waals surface area contributed by atoms with Gasteiger partial charge in [0.1, 0.15) is 0 Å². The summed E-state index contributed by atoms with van der Waals surface area (Å²) in [6, 6.07) is 16.6. The highest BCUT2D eigenvalue weighted by Crippen LogP contribution is 2.30. The Balaban J connectivity index is 1.66. The van der Waals surface area contributed by atoms with Crippen LogP contribution in [0.15, 0.2) is 65.7 Å². The number of hydrogen-bond donors (Lipinski definition) is 0. The van der Waals surface area contributed by atoms with Crippen LogP contribution < -0.4 is 4.90 Å². The van der Waals surface area contributed by atoms with Crippen molar-refractivity contribution >= 4 is 21.4 Å². The first-order valence-corrected chi connectivity index (χ1v) is 10.8. The van der Waals surface area contributed by atoms with Gasteiger partial charge in [0.25, 0.3) is 5.91 Å². The van der Waals surface area contributed by atoms with Crippen LogP contribution in [0.1, 0.15) is 32.7 Å². The van der Waals surface area contributed by atoms with Gasteiger partial charge in [-0.2, -0.15) is 0 Å². The van der Waals surface area contributed by atoms with Gasteiger partial charge >= 0.3 is 0 Å². The van der Waals surface area contributed by atoms with E-state index in [0.717, 1.165) is 33.6 Å². The molecular weight excluding hydrogens is 372 g/mol. The van der Waals surface area contributed by atoms with Gasteiger partial charge in [0.2, 0.25) is 0 Å². The number of pyridine rings is 1. The highest BCUT2D eigenvalue weighted by Gasteiger charge is 2.24. The van der Waals surface area contributed by atoms with Crippen LogP contribution in [-0.4, -0.2) is 32.6 Å². The summed E-state index contributed by atoms with van der Waals surface area (Å²) in [6.07, 6.45) is 4.21. The van der Waals surface area contributed by atoms with E-state index in [1.165, 1.54) is 6.26 Å². The van der Waals surface area contributed by atoms with E-state index in [0.29, 0.717) is 17.7 Å². The van der Waals surface area contributed by atoms with E-state index < -0.39 is 9.84 Å². The second kappa shape index (κ2) is 6.87. The largest absolute Gasteiger partial charge is 0.310 e. The standard InChI is InChI=1S/C22H20N2O3S/c1-24-21-14-23-18(11-15-7-9-19(10-8-15)28(2,26)27)13-17(21)12-16-5-3-4-6-20(16)22(24)25/h3-10,13-14H,11-12H2,1-2H3. The topological polar surface area (TPSA) is 67.3 Å². The Hall–Kier alpha value is -2.99. The zero-order valence-corrected chi connectivity index (χ0v) is 16.5. The van der Waals surface area contributed by atoms with E-state index in [1.54, 1.807) is 30.3 Å². The molecule has 0 saturated carbocycles. The van der Waals surface area contributed by atoms with Crippen molar-refractivity contribution < 1.29 is 13.2 Å². The van der Waals surface area contributed by atoms with Gasteiger partial charge in [-0.15, -0.1) is 0 Å². The third-order valence-corrected chi connectivity index (χ3v) is 6.18. The van der Waals surface area contributed by atoms with Crippen molar-refractivity contribution in [1.29, 1.82) is 0 Å². The number of carbonyl (C=O) groups is 1. The number of carbonyl (C=O) groups excluding carboxylic acids is 1. The van der Waals surface area contributed by atoms with Crippen molar-refractivity contribution in [1.82, 2.24) is 4.98 Å². The van der Waals surface area contributed by atoms with Crippen molar-refractivity contribution in [2.45, 2.75) is 17.7 Å². The van der Waals surface area contributed by atoms with Gasteiger partial charge < -0.3 is 4.90 Å². The van der Waals surface area contributed by atoms with Gasteiger partial charge in [0, 0.05) is 37.4 Å². The lowest BCUT2D eigenvalue weighted by Gasteiger charge is -2.18. The Morgan fingerprint density at radius 2 is 1.75 bits per heavy atom. The van der Waals surface area contributed by atoms with Gasteiger partial charge in [-0.05, 0) is 41.0 Å². The van der Waals surface area contributed by atoms with Crippen LogP contribution in [0.2, 0.25) is 0 Å². The predicted octanol–water partition coefficient (Wildman–Crippen LogP) is 3.26. The monoisotopic (exact) mass is 392 g/mol. The Kier molecular flexibility index (Phi) is 4.51. The number of rotatable bonds is 3. The van der Waals surface area contributed by atoms with Gasteiger partial charge in [0.15, 0.2) is 9.84 Å². The molecule has 0 saturated heterocycles. The molecule has 5 nitrogen and oxygen atoms in total. The number of anilines is 1. The highest BCUT2D eigenvalue weighted by atomic mass is 32.2. The quantitative estimate of drug-likeness (QED) is 0.686. The Labute approximate surface area is 164 Å². The molecule has 4 rings (SSSR count). The first-order valence-electron chi connectivity index (χ1n) is 8.96. The summed E-state index contributed by atoms with van der Waals surface area (Å²) in [5.74, 6) is -0.0275. The summed E-state index contributed by atoms with van der Waals surface area (Å²) in [4.78, 5) is 19.2. The number of amides is 1. The molecule has 0 unspecified atom stereocenters. The molecule has 1 aliphatic rings. The number of fused-ring (bicyclic) bond motifs is 2. The molecule has 142 valence electrons. The molecule has 1 aliphatic heterocycles. The third kappa shape index (κ3) is 3.43. The molecule has 0 bridgehead atoms. The van der Waals surface area contributed by atoms with Crippen molar-refractivity contribution in [3.63, 3.8) is 0 Å². The SMILES string of the molecule is CN1C(=O)c2ccccc2Cc2cc(Cc3ccc(S(C)(=O)=O)cc3)ncc21. The average Bonchev–Trinajstić information content (AvgIpc) is 2.77. The minimum absolute atomic E-state index is 0.0275. The van der Waals surface area contributed by atoms with Crippen molar-refractivity contribution in [3.8, 4) is 0 Å². The highest BCUT2D eigenvalue weighted by molar-refractivity contribution is 7.90. The molecule has 6 heteroatoms. The fourth-order valence-corrected chi connectivity index (χ4v) is 4.15. The van der Waals surface area contributed by atoms with Gasteiger partial charge in [-0.3, -0.25) is 9.78 Å². The first-order chi connectivity index (χ1) is 13.3. The summed E-state index contributed by atoms with van der Waals surface area (Å²) in [7, 11) is -1.43. The maximum Gasteiger partial charge on any atom is 0.258 e. The number of aromatic nitrogens is 1. The molecule has 0 radical (unpaired) electrons. The maximum atomic E-state index is 12.7. The van der Waals surface area contributed by atoms with Crippen LogP contribution in [0, 0.1) is 0 Å². The van der Waals surface area contributed by atoms with Crippen molar-refractivity contribution in [2.24, 2.45) is 0 Å². The first kappa shape index (κ1) is 18.4. The van der Waals surface area contributed by atoms with E-state index in [1.807, 2.05) is 42.5 Å². The molecule has 1 aromatic heterocycles. The third-order valence-electron chi connectivity index (χ3n) is 5.05. The van der Waals surface area contributed by atoms with E-state index in [-0.39, 0.29) is 5.91 Å². The summed E-state index contributed by atoms with van der Waals surface area (Å²) in [5.41, 5.74) is 5.46. The van der Waals surface area contributed by atoms with E-state index >= 15 is 0 Å². The van der Waals surface area contributed by atoms with Gasteiger partial charge in [0.05, 0.1) is 16.8 Å². The van der Waals surface area contributed by atoms with Crippen molar-refractivity contribution in [3.05, 3.63) is 88.7 Å². The van der Waals surface area contributed by atoms with Crippen LogP contribution in [0.25, 0.3) is 0 Å². The van der Waals surface area contributed by atoms with Crippen LogP contribution in [-0.2, 0) is 22.7 Å².